The van der Waals surface area contributed by atoms with Crippen LogP contribution < -0.4 is 0 Å². The maximum Gasteiger partial charge on any atom is 0.279 e. The third-order valence-electron chi connectivity index (χ3n) is 2.86. The molecule has 0 amide bonds. The van der Waals surface area contributed by atoms with Crippen LogP contribution in [0.2, 0.25) is 0 Å². The average molecular weight is 349 g/mol. The largest absolute Gasteiger partial charge is 0.279 e. The van der Waals surface area contributed by atoms with Crippen LogP contribution in [0.1, 0.15) is 18.2 Å². The van der Waals surface area contributed by atoms with Crippen molar-refractivity contribution in [3.63, 3.8) is 0 Å². The predicted octanol–water partition coefficient (Wildman–Crippen LogP) is 3.87. The van der Waals surface area contributed by atoms with Crippen molar-refractivity contribution >= 4 is 39.2 Å². The highest BCUT2D eigenvalue weighted by Crippen LogP contribution is 2.26. The van der Waals surface area contributed by atoms with Gasteiger partial charge in [0.2, 0.25) is 0 Å². The van der Waals surface area contributed by atoms with Gasteiger partial charge >= 0.3 is 0 Å². The van der Waals surface area contributed by atoms with E-state index in [9.17, 15) is 10.1 Å². The molecular formula is C14H13BrN4O2. The van der Waals surface area contributed by atoms with Crippen molar-refractivity contribution in [2.45, 2.75) is 6.92 Å². The number of aromatic nitrogens is 2. The zero-order valence-corrected chi connectivity index (χ0v) is 13.2. The van der Waals surface area contributed by atoms with Crippen LogP contribution in [0.3, 0.4) is 0 Å². The summed E-state index contributed by atoms with van der Waals surface area (Å²) in [5.74, 6) is 0.473. The van der Waals surface area contributed by atoms with Crippen molar-refractivity contribution in [3.8, 4) is 0 Å². The van der Waals surface area contributed by atoms with Crippen LogP contribution in [0.25, 0.3) is 5.57 Å². The molecule has 0 radical (unpaired) electrons. The van der Waals surface area contributed by atoms with Gasteiger partial charge in [-0.2, -0.15) is 5.10 Å². The van der Waals surface area contributed by atoms with Gasteiger partial charge in [0.05, 0.1) is 16.2 Å². The number of aryl methyl sites for hydroxylation is 1. The minimum Gasteiger partial charge on any atom is -0.266 e. The average Bonchev–Trinajstić information content (AvgIpc) is 2.78. The lowest BCUT2D eigenvalue weighted by Crippen LogP contribution is -1.95. The molecule has 2 rings (SSSR count). The van der Waals surface area contributed by atoms with E-state index in [2.05, 4.69) is 32.6 Å². The fourth-order valence-corrected chi connectivity index (χ4v) is 2.32. The van der Waals surface area contributed by atoms with Gasteiger partial charge in [0.25, 0.3) is 5.69 Å². The van der Waals surface area contributed by atoms with Gasteiger partial charge in [0.1, 0.15) is 0 Å². The molecule has 0 aliphatic carbocycles. The smallest absolute Gasteiger partial charge is 0.266 e. The van der Waals surface area contributed by atoms with Gasteiger partial charge in [-0.1, -0.05) is 12.6 Å². The van der Waals surface area contributed by atoms with E-state index in [1.165, 1.54) is 12.3 Å². The molecule has 108 valence electrons. The first-order chi connectivity index (χ1) is 9.90. The number of rotatable bonds is 4. The number of allylic oxidation sites excluding steroid dienone is 1. The molecular weight excluding hydrogens is 336 g/mol. The number of halogens is 1. The summed E-state index contributed by atoms with van der Waals surface area (Å²) in [6.07, 6.45) is 1.44. The van der Waals surface area contributed by atoms with Crippen LogP contribution in [-0.2, 0) is 7.05 Å². The van der Waals surface area contributed by atoms with Crippen molar-refractivity contribution in [2.24, 2.45) is 12.0 Å². The summed E-state index contributed by atoms with van der Waals surface area (Å²) in [5.41, 5.74) is 2.14. The van der Waals surface area contributed by atoms with E-state index in [0.717, 1.165) is 11.3 Å². The Bertz CT molecular complexity index is 749. The molecule has 1 heterocycles. The summed E-state index contributed by atoms with van der Waals surface area (Å²) >= 11 is 3.30. The number of hydrogen-bond donors (Lipinski definition) is 0. The molecule has 0 spiro atoms. The van der Waals surface area contributed by atoms with Crippen molar-refractivity contribution in [1.29, 1.82) is 0 Å². The summed E-state index contributed by atoms with van der Waals surface area (Å²) in [5, 5.41) is 15.2. The van der Waals surface area contributed by atoms with Gasteiger partial charge in [-0.15, -0.1) is 0 Å². The summed E-state index contributed by atoms with van der Waals surface area (Å²) in [7, 11) is 1.80. The summed E-state index contributed by atoms with van der Waals surface area (Å²) in [6.45, 7) is 5.74. The van der Waals surface area contributed by atoms with E-state index in [1.807, 2.05) is 6.92 Å². The van der Waals surface area contributed by atoms with Crippen LogP contribution in [0.5, 0.6) is 0 Å². The SMILES string of the molecule is C=C(C)c1cc(N=Cc2c(Br)cccc2[N+](=O)[O-])nn1C. The molecule has 2 aromatic rings. The highest BCUT2D eigenvalue weighted by Gasteiger charge is 2.14. The zero-order chi connectivity index (χ0) is 15.6. The molecule has 0 aliphatic rings. The molecule has 0 saturated carbocycles. The van der Waals surface area contributed by atoms with E-state index >= 15 is 0 Å². The highest BCUT2D eigenvalue weighted by atomic mass is 79.9. The van der Waals surface area contributed by atoms with E-state index in [0.29, 0.717) is 15.9 Å². The second kappa shape index (κ2) is 6.01. The van der Waals surface area contributed by atoms with Crippen LogP contribution in [0.15, 0.2) is 40.3 Å². The van der Waals surface area contributed by atoms with Crippen molar-refractivity contribution in [1.82, 2.24) is 9.78 Å². The van der Waals surface area contributed by atoms with Gasteiger partial charge in [-0.25, -0.2) is 4.99 Å². The first-order valence-corrected chi connectivity index (χ1v) is 6.86. The Kier molecular flexibility index (Phi) is 4.32. The van der Waals surface area contributed by atoms with E-state index in [4.69, 9.17) is 0 Å². The molecule has 0 atom stereocenters. The van der Waals surface area contributed by atoms with Crippen LogP contribution in [0, 0.1) is 10.1 Å². The second-order valence-corrected chi connectivity index (χ2v) is 5.33. The first kappa shape index (κ1) is 15.1. The summed E-state index contributed by atoms with van der Waals surface area (Å²) < 4.78 is 2.28. The maximum atomic E-state index is 11.0. The number of benzene rings is 1. The fraction of sp³-hybridized carbons (Fsp3) is 0.143. The zero-order valence-electron chi connectivity index (χ0n) is 11.6. The maximum absolute atomic E-state index is 11.0. The number of aliphatic imine (C=N–C) groups is 1. The lowest BCUT2D eigenvalue weighted by Gasteiger charge is -1.99. The second-order valence-electron chi connectivity index (χ2n) is 4.48. The fourth-order valence-electron chi connectivity index (χ4n) is 1.86. The lowest BCUT2D eigenvalue weighted by molar-refractivity contribution is -0.385. The Labute approximate surface area is 130 Å². The molecule has 0 bridgehead atoms. The minimum atomic E-state index is -0.441. The van der Waals surface area contributed by atoms with Gasteiger partial charge in [0, 0.05) is 29.9 Å². The van der Waals surface area contributed by atoms with Crippen LogP contribution in [0.4, 0.5) is 11.5 Å². The number of hydrogen-bond acceptors (Lipinski definition) is 4. The lowest BCUT2D eigenvalue weighted by atomic mass is 10.2. The van der Waals surface area contributed by atoms with Gasteiger partial charge in [0.15, 0.2) is 5.82 Å². The molecule has 7 heteroatoms. The quantitative estimate of drug-likeness (QED) is 0.478. The van der Waals surface area contributed by atoms with Gasteiger partial charge < -0.3 is 0 Å². The minimum absolute atomic E-state index is 0.0100. The molecule has 1 aromatic carbocycles. The predicted molar refractivity (Wildman–Crippen MR) is 86.0 cm³/mol. The highest BCUT2D eigenvalue weighted by molar-refractivity contribution is 9.10. The normalized spacial score (nSPS) is 11.0. The Morgan fingerprint density at radius 2 is 2.29 bits per heavy atom. The third-order valence-corrected chi connectivity index (χ3v) is 3.55. The molecule has 6 nitrogen and oxygen atoms in total. The summed E-state index contributed by atoms with van der Waals surface area (Å²) in [4.78, 5) is 14.8. The van der Waals surface area contributed by atoms with E-state index < -0.39 is 4.92 Å². The third kappa shape index (κ3) is 3.25. The van der Waals surface area contributed by atoms with E-state index in [1.54, 1.807) is 29.9 Å². The molecule has 0 N–H and O–H groups in total. The Morgan fingerprint density at radius 3 is 2.86 bits per heavy atom. The molecule has 0 aliphatic heterocycles. The Hall–Kier alpha value is -2.28. The van der Waals surface area contributed by atoms with Crippen LogP contribution >= 0.6 is 15.9 Å². The molecule has 0 unspecified atom stereocenters. The molecule has 0 fully saturated rings. The first-order valence-electron chi connectivity index (χ1n) is 6.07. The van der Waals surface area contributed by atoms with Gasteiger partial charge in [-0.05, 0) is 34.5 Å². The topological polar surface area (TPSA) is 73.3 Å². The number of nitro benzene ring substituents is 1. The van der Waals surface area contributed by atoms with Gasteiger partial charge in [-0.3, -0.25) is 14.8 Å². The standard InChI is InChI=1S/C14H13BrN4O2/c1-9(2)13-7-14(17-18(13)3)16-8-10-11(15)5-4-6-12(10)19(20)21/h4-8H,1H2,2-3H3. The number of nitrogens with zero attached hydrogens (tertiary/aromatic N) is 4. The molecule has 1 aromatic heterocycles. The molecule has 21 heavy (non-hydrogen) atoms. The van der Waals surface area contributed by atoms with Crippen LogP contribution in [-0.4, -0.2) is 20.9 Å². The number of nitro groups is 1. The molecule has 0 saturated heterocycles. The van der Waals surface area contributed by atoms with Crippen molar-refractivity contribution in [2.75, 3.05) is 0 Å². The van der Waals surface area contributed by atoms with Crippen molar-refractivity contribution < 1.29 is 4.92 Å². The monoisotopic (exact) mass is 348 g/mol. The summed E-state index contributed by atoms with van der Waals surface area (Å²) in [6, 6.07) is 6.55. The van der Waals surface area contributed by atoms with E-state index in [-0.39, 0.29) is 5.69 Å². The van der Waals surface area contributed by atoms with Crippen molar-refractivity contribution in [3.05, 3.63) is 56.7 Å². The Balaban J connectivity index is 2.40. The Morgan fingerprint density at radius 1 is 1.57 bits per heavy atom.